The van der Waals surface area contributed by atoms with Gasteiger partial charge in [0.15, 0.2) is 17.5 Å². The third kappa shape index (κ3) is 1.68. The molecule has 2 atom stereocenters. The molecule has 72 valence electrons. The van der Waals surface area contributed by atoms with E-state index in [2.05, 4.69) is 10.3 Å². The number of nitro groups is 1. The topological polar surface area (TPSA) is 98.0 Å². The molecule has 1 fully saturated rings. The van der Waals surface area contributed by atoms with E-state index in [1.807, 2.05) is 5.43 Å². The molecule has 2 rings (SSSR count). The van der Waals surface area contributed by atoms with Gasteiger partial charge in [0.05, 0.1) is 13.2 Å². The Kier molecular flexibility index (Phi) is 1.99. The zero-order valence-corrected chi connectivity index (χ0v) is 6.60. The maximum atomic E-state index is 10.1. The van der Waals surface area contributed by atoms with Crippen LogP contribution < -0.4 is 10.7 Å². The monoisotopic (exact) mass is 188 g/mol. The number of hydrogen-bond acceptors (Lipinski definition) is 6. The lowest BCUT2D eigenvalue weighted by Crippen LogP contribution is -2.46. The van der Waals surface area contributed by atoms with E-state index in [0.29, 0.717) is 13.2 Å². The van der Waals surface area contributed by atoms with Crippen LogP contribution in [-0.4, -0.2) is 36.7 Å². The molecule has 0 saturated carbocycles. The van der Waals surface area contributed by atoms with E-state index in [4.69, 9.17) is 9.47 Å². The summed E-state index contributed by atoms with van der Waals surface area (Å²) < 4.78 is 10.4. The van der Waals surface area contributed by atoms with Gasteiger partial charge in [-0.15, -0.1) is 0 Å². The van der Waals surface area contributed by atoms with Gasteiger partial charge in [-0.25, -0.2) is 15.1 Å². The standard InChI is InChI=1S/C5H8N4O4/c10-9(11)8-5-6-3-4(7-5)13-2-1-12-3/h3-4H,1-2H2,(H2,6,7,8)/t3-,4+. The van der Waals surface area contributed by atoms with E-state index >= 15 is 0 Å². The van der Waals surface area contributed by atoms with Crippen LogP contribution in [0, 0.1) is 10.1 Å². The molecule has 0 radical (unpaired) electrons. The molecule has 0 unspecified atom stereocenters. The quantitative estimate of drug-likeness (QED) is 0.381. The third-order valence-corrected chi connectivity index (χ3v) is 1.66. The zero-order valence-electron chi connectivity index (χ0n) is 6.60. The fourth-order valence-corrected chi connectivity index (χ4v) is 1.18. The summed E-state index contributed by atoms with van der Waals surface area (Å²) in [6, 6.07) is 0. The zero-order chi connectivity index (χ0) is 9.26. The predicted octanol–water partition coefficient (Wildman–Crippen LogP) is -1.57. The summed E-state index contributed by atoms with van der Waals surface area (Å²) >= 11 is 0. The van der Waals surface area contributed by atoms with Gasteiger partial charge in [0, 0.05) is 0 Å². The summed E-state index contributed by atoms with van der Waals surface area (Å²) in [6.45, 7) is 0.924. The highest BCUT2D eigenvalue weighted by Crippen LogP contribution is 2.13. The molecule has 2 aliphatic heterocycles. The molecular weight excluding hydrogens is 180 g/mol. The molecule has 2 N–H and O–H groups in total. The first-order valence-corrected chi connectivity index (χ1v) is 3.74. The number of nitrogens with one attached hydrogen (secondary N) is 2. The van der Waals surface area contributed by atoms with Gasteiger partial charge < -0.3 is 14.8 Å². The smallest absolute Gasteiger partial charge is 0.259 e. The molecular formula is C5H8N4O4. The van der Waals surface area contributed by atoms with E-state index in [9.17, 15) is 10.1 Å². The Bertz CT molecular complexity index is 255. The average Bonchev–Trinajstić information content (AvgIpc) is 2.44. The molecule has 0 aromatic heterocycles. The van der Waals surface area contributed by atoms with Gasteiger partial charge in [-0.3, -0.25) is 0 Å². The molecule has 0 aromatic carbocycles. The van der Waals surface area contributed by atoms with Gasteiger partial charge in [0.25, 0.3) is 5.96 Å². The number of fused-ring (bicyclic) bond motifs is 1. The van der Waals surface area contributed by atoms with Gasteiger partial charge in [0.1, 0.15) is 0 Å². The predicted molar refractivity (Wildman–Crippen MR) is 40.2 cm³/mol. The number of hydrazine groups is 1. The fraction of sp³-hybridized carbons (Fsp3) is 0.800. The molecule has 0 aromatic rings. The second kappa shape index (κ2) is 3.15. The van der Waals surface area contributed by atoms with Crippen LogP contribution in [0.15, 0.2) is 4.99 Å². The van der Waals surface area contributed by atoms with E-state index < -0.39 is 17.5 Å². The van der Waals surface area contributed by atoms with Crippen LogP contribution in [0.4, 0.5) is 0 Å². The van der Waals surface area contributed by atoms with Crippen LogP contribution in [0.3, 0.4) is 0 Å². The van der Waals surface area contributed by atoms with Crippen LogP contribution in [0.25, 0.3) is 0 Å². The summed E-state index contributed by atoms with van der Waals surface area (Å²) in [6.07, 6.45) is -0.882. The molecule has 1 saturated heterocycles. The molecule has 0 bridgehead atoms. The highest BCUT2D eigenvalue weighted by atomic mass is 16.7. The van der Waals surface area contributed by atoms with Crippen molar-refractivity contribution in [2.45, 2.75) is 12.5 Å². The van der Waals surface area contributed by atoms with Gasteiger partial charge in [-0.1, -0.05) is 5.43 Å². The maximum Gasteiger partial charge on any atom is 0.259 e. The Labute approximate surface area is 73.0 Å². The summed E-state index contributed by atoms with van der Waals surface area (Å²) in [4.78, 5) is 13.9. The Hall–Kier alpha value is -1.41. The first kappa shape index (κ1) is 8.20. The van der Waals surface area contributed by atoms with E-state index in [0.717, 1.165) is 0 Å². The molecule has 8 heteroatoms. The minimum atomic E-state index is -0.691. The lowest BCUT2D eigenvalue weighted by molar-refractivity contribution is -0.525. The van der Waals surface area contributed by atoms with Crippen LogP contribution in [0.1, 0.15) is 0 Å². The van der Waals surface area contributed by atoms with E-state index in [-0.39, 0.29) is 5.96 Å². The molecule has 8 nitrogen and oxygen atoms in total. The maximum absolute atomic E-state index is 10.1. The van der Waals surface area contributed by atoms with Crippen LogP contribution in [0.5, 0.6) is 0 Å². The van der Waals surface area contributed by atoms with Gasteiger partial charge in [-0.2, -0.15) is 0 Å². The number of hydrogen-bond donors (Lipinski definition) is 2. The first-order valence-electron chi connectivity index (χ1n) is 3.74. The van der Waals surface area contributed by atoms with E-state index in [1.165, 1.54) is 0 Å². The van der Waals surface area contributed by atoms with E-state index in [1.54, 1.807) is 0 Å². The largest absolute Gasteiger partial charge is 0.351 e. The van der Waals surface area contributed by atoms with Crippen LogP contribution >= 0.6 is 0 Å². The van der Waals surface area contributed by atoms with Gasteiger partial charge in [-0.05, 0) is 0 Å². The van der Waals surface area contributed by atoms with Crippen molar-refractivity contribution in [1.29, 1.82) is 0 Å². The summed E-state index contributed by atoms with van der Waals surface area (Å²) in [5.41, 5.74) is 1.90. The van der Waals surface area contributed by atoms with Crippen molar-refractivity contribution in [2.75, 3.05) is 13.2 Å². The molecule has 0 spiro atoms. The molecule has 13 heavy (non-hydrogen) atoms. The number of ether oxygens (including phenoxy) is 2. The number of guanidine groups is 1. The fourth-order valence-electron chi connectivity index (χ4n) is 1.18. The Morgan fingerprint density at radius 2 is 2.38 bits per heavy atom. The lowest BCUT2D eigenvalue weighted by Gasteiger charge is -2.23. The summed E-state index contributed by atoms with van der Waals surface area (Å²) in [5.74, 6) is 0.0712. The summed E-state index contributed by atoms with van der Waals surface area (Å²) in [5, 5.41) is 12.0. The van der Waals surface area contributed by atoms with Crippen molar-refractivity contribution in [3.8, 4) is 0 Å². The van der Waals surface area contributed by atoms with Gasteiger partial charge >= 0.3 is 0 Å². The van der Waals surface area contributed by atoms with Crippen molar-refractivity contribution < 1.29 is 14.5 Å². The molecule has 0 aliphatic carbocycles. The Balaban J connectivity index is 1.97. The second-order valence-electron chi connectivity index (χ2n) is 2.54. The SMILES string of the molecule is O=[N+]([O-])NC1=N[C@@H]2OCCO[C@@H]2N1. The molecule has 2 aliphatic rings. The minimum absolute atomic E-state index is 0.0712. The first-order chi connectivity index (χ1) is 6.25. The average molecular weight is 188 g/mol. The van der Waals surface area contributed by atoms with Crippen molar-refractivity contribution in [2.24, 2.45) is 4.99 Å². The number of aliphatic imine (C=N–C) groups is 1. The normalized spacial score (nSPS) is 31.5. The number of rotatable bonds is 1. The molecule has 2 heterocycles. The van der Waals surface area contributed by atoms with Crippen molar-refractivity contribution >= 4 is 5.96 Å². The second-order valence-corrected chi connectivity index (χ2v) is 2.54. The summed E-state index contributed by atoms with van der Waals surface area (Å²) in [7, 11) is 0. The lowest BCUT2D eigenvalue weighted by atomic mass is 10.5. The van der Waals surface area contributed by atoms with Crippen molar-refractivity contribution in [3.63, 3.8) is 0 Å². The molecule has 0 amide bonds. The van der Waals surface area contributed by atoms with Crippen molar-refractivity contribution in [1.82, 2.24) is 10.7 Å². The van der Waals surface area contributed by atoms with Crippen molar-refractivity contribution in [3.05, 3.63) is 10.1 Å². The minimum Gasteiger partial charge on any atom is -0.351 e. The third-order valence-electron chi connectivity index (χ3n) is 1.66. The highest BCUT2D eigenvalue weighted by molar-refractivity contribution is 5.80. The van der Waals surface area contributed by atoms with Crippen LogP contribution in [0.2, 0.25) is 0 Å². The number of nitrogens with zero attached hydrogens (tertiary/aromatic N) is 2. The Morgan fingerprint density at radius 1 is 1.62 bits per heavy atom. The van der Waals surface area contributed by atoms with Crippen LogP contribution in [-0.2, 0) is 9.47 Å². The Morgan fingerprint density at radius 3 is 3.08 bits per heavy atom. The van der Waals surface area contributed by atoms with Gasteiger partial charge in [0.2, 0.25) is 0 Å². The highest BCUT2D eigenvalue weighted by Gasteiger charge is 2.34.